The molecule has 0 saturated carbocycles. The zero-order valence-corrected chi connectivity index (χ0v) is 15.6. The highest BCUT2D eigenvalue weighted by atomic mass is 35.5. The van der Waals surface area contributed by atoms with E-state index in [1.807, 2.05) is 6.92 Å². The number of nitrogens with one attached hydrogen (secondary N) is 1. The van der Waals surface area contributed by atoms with E-state index >= 15 is 0 Å². The Labute approximate surface area is 157 Å². The lowest BCUT2D eigenvalue weighted by molar-refractivity contribution is -0.142. The van der Waals surface area contributed by atoms with Gasteiger partial charge in [0.25, 0.3) is 0 Å². The van der Waals surface area contributed by atoms with Crippen LogP contribution in [-0.2, 0) is 14.4 Å². The van der Waals surface area contributed by atoms with Crippen molar-refractivity contribution in [3.63, 3.8) is 0 Å². The number of amides is 2. The van der Waals surface area contributed by atoms with Crippen molar-refractivity contribution in [3.05, 3.63) is 23.2 Å². The van der Waals surface area contributed by atoms with Gasteiger partial charge in [-0.05, 0) is 24.6 Å². The number of methoxy groups -OCH3 is 1. The Balaban J connectivity index is 2.04. The lowest BCUT2D eigenvalue weighted by Gasteiger charge is -2.20. The van der Waals surface area contributed by atoms with E-state index in [-0.39, 0.29) is 31.3 Å². The second kappa shape index (κ2) is 8.89. The average Bonchev–Trinajstić information content (AvgIpc) is 2.99. The van der Waals surface area contributed by atoms with Crippen LogP contribution in [0.1, 0.15) is 26.2 Å². The summed E-state index contributed by atoms with van der Waals surface area (Å²) in [6.45, 7) is 2.16. The molecule has 7 nitrogen and oxygen atoms in total. The number of nitrogens with zero attached hydrogens (tertiary/aromatic N) is 1. The van der Waals surface area contributed by atoms with Crippen LogP contribution in [-0.4, -0.2) is 43.1 Å². The van der Waals surface area contributed by atoms with Gasteiger partial charge in [-0.2, -0.15) is 0 Å². The molecule has 26 heavy (non-hydrogen) atoms. The third-order valence-electron chi connectivity index (χ3n) is 4.44. The molecule has 8 heteroatoms. The first kappa shape index (κ1) is 20.0. The topological polar surface area (TPSA) is 95.9 Å². The minimum absolute atomic E-state index is 0.0625. The molecule has 2 rings (SSSR count). The maximum atomic E-state index is 12.4. The van der Waals surface area contributed by atoms with Gasteiger partial charge in [0.1, 0.15) is 5.75 Å². The van der Waals surface area contributed by atoms with Gasteiger partial charge < -0.3 is 20.1 Å². The van der Waals surface area contributed by atoms with Crippen molar-refractivity contribution in [1.29, 1.82) is 0 Å². The molecule has 0 bridgehead atoms. The van der Waals surface area contributed by atoms with E-state index in [2.05, 4.69) is 5.32 Å². The van der Waals surface area contributed by atoms with Gasteiger partial charge in [-0.1, -0.05) is 24.9 Å². The highest BCUT2D eigenvalue weighted by Crippen LogP contribution is 2.35. The highest BCUT2D eigenvalue weighted by Gasteiger charge is 2.36. The maximum absolute atomic E-state index is 12.4. The first-order valence-electron chi connectivity index (χ1n) is 8.51. The van der Waals surface area contributed by atoms with Crippen LogP contribution in [0.15, 0.2) is 18.2 Å². The number of rotatable bonds is 8. The first-order chi connectivity index (χ1) is 12.4. The van der Waals surface area contributed by atoms with Gasteiger partial charge >= 0.3 is 5.97 Å². The van der Waals surface area contributed by atoms with Crippen molar-refractivity contribution in [1.82, 2.24) is 5.32 Å². The van der Waals surface area contributed by atoms with E-state index in [0.29, 0.717) is 22.9 Å². The molecule has 2 atom stereocenters. The average molecular weight is 383 g/mol. The van der Waals surface area contributed by atoms with Gasteiger partial charge in [0.15, 0.2) is 0 Å². The molecule has 2 amide bonds. The lowest BCUT2D eigenvalue weighted by Crippen LogP contribution is -2.37. The fourth-order valence-electron chi connectivity index (χ4n) is 3.02. The Kier molecular flexibility index (Phi) is 6.85. The maximum Gasteiger partial charge on any atom is 0.308 e. The van der Waals surface area contributed by atoms with Crippen molar-refractivity contribution in [2.45, 2.75) is 26.2 Å². The van der Waals surface area contributed by atoms with Crippen LogP contribution < -0.4 is 15.0 Å². The summed E-state index contributed by atoms with van der Waals surface area (Å²) in [7, 11) is 1.50. The number of ether oxygens (including phenoxy) is 1. The van der Waals surface area contributed by atoms with Crippen molar-refractivity contribution >= 4 is 35.1 Å². The Morgan fingerprint density at radius 1 is 1.46 bits per heavy atom. The van der Waals surface area contributed by atoms with Gasteiger partial charge in [-0.15, -0.1) is 0 Å². The molecule has 1 fully saturated rings. The molecule has 0 aliphatic carbocycles. The lowest BCUT2D eigenvalue weighted by atomic mass is 10.0. The molecule has 1 aromatic carbocycles. The molecule has 142 valence electrons. The molecule has 1 aromatic rings. The molecule has 0 radical (unpaired) electrons. The van der Waals surface area contributed by atoms with Crippen LogP contribution in [0.25, 0.3) is 0 Å². The first-order valence-corrected chi connectivity index (χ1v) is 8.89. The summed E-state index contributed by atoms with van der Waals surface area (Å²) < 4.78 is 5.27. The summed E-state index contributed by atoms with van der Waals surface area (Å²) in [4.78, 5) is 37.4. The fourth-order valence-corrected chi connectivity index (χ4v) is 3.19. The Bertz CT molecular complexity index is 694. The van der Waals surface area contributed by atoms with Gasteiger partial charge in [0, 0.05) is 24.5 Å². The standard InChI is InChI=1S/C18H23ClN2O5/c1-3-4-11(18(24)25)9-20-17(23)12-7-16(22)21(10-12)14-8-13(19)5-6-15(14)26-2/h5-6,8,11-12H,3-4,7,9-10H2,1-2H3,(H,20,23)(H,24,25). The summed E-state index contributed by atoms with van der Waals surface area (Å²) in [5, 5.41) is 12.3. The monoisotopic (exact) mass is 382 g/mol. The van der Waals surface area contributed by atoms with E-state index in [0.717, 1.165) is 6.42 Å². The van der Waals surface area contributed by atoms with Crippen LogP contribution in [0, 0.1) is 11.8 Å². The van der Waals surface area contributed by atoms with Gasteiger partial charge in [-0.3, -0.25) is 14.4 Å². The number of carbonyl (C=O) groups is 3. The van der Waals surface area contributed by atoms with Gasteiger partial charge in [0.2, 0.25) is 11.8 Å². The second-order valence-corrected chi connectivity index (χ2v) is 6.73. The molecule has 2 N–H and O–H groups in total. The third-order valence-corrected chi connectivity index (χ3v) is 4.67. The molecule has 2 unspecified atom stereocenters. The van der Waals surface area contributed by atoms with Crippen LogP contribution in [0.5, 0.6) is 5.75 Å². The Hall–Kier alpha value is -2.28. The number of benzene rings is 1. The van der Waals surface area contributed by atoms with Crippen LogP contribution in [0.3, 0.4) is 0 Å². The van der Waals surface area contributed by atoms with Gasteiger partial charge in [0.05, 0.1) is 24.6 Å². The molecule has 1 aliphatic heterocycles. The van der Waals surface area contributed by atoms with Crippen LogP contribution in [0.2, 0.25) is 5.02 Å². The smallest absolute Gasteiger partial charge is 0.308 e. The summed E-state index contributed by atoms with van der Waals surface area (Å²) in [6, 6.07) is 4.95. The summed E-state index contributed by atoms with van der Waals surface area (Å²) >= 11 is 6.01. The number of aliphatic carboxylic acids is 1. The number of carboxylic acids is 1. The van der Waals surface area contributed by atoms with E-state index < -0.39 is 17.8 Å². The number of carboxylic acid groups (broad SMARTS) is 1. The quantitative estimate of drug-likeness (QED) is 0.719. The highest BCUT2D eigenvalue weighted by molar-refractivity contribution is 6.31. The third kappa shape index (κ3) is 4.66. The molecule has 1 heterocycles. The summed E-state index contributed by atoms with van der Waals surface area (Å²) in [5.74, 6) is -2.11. The van der Waals surface area contributed by atoms with Crippen molar-refractivity contribution in [3.8, 4) is 5.75 Å². The van der Waals surface area contributed by atoms with Crippen molar-refractivity contribution < 1.29 is 24.2 Å². The minimum Gasteiger partial charge on any atom is -0.495 e. The molecule has 0 spiro atoms. The number of halogens is 1. The van der Waals surface area contributed by atoms with E-state index in [1.165, 1.54) is 12.0 Å². The summed E-state index contributed by atoms with van der Waals surface area (Å²) in [6.07, 6.45) is 1.27. The molecular formula is C18H23ClN2O5. The normalized spacial score (nSPS) is 17.9. The number of anilines is 1. The molecular weight excluding hydrogens is 360 g/mol. The SMILES string of the molecule is CCCC(CNC(=O)C1CC(=O)N(c2cc(Cl)ccc2OC)C1)C(=O)O. The van der Waals surface area contributed by atoms with E-state index in [4.69, 9.17) is 21.4 Å². The molecule has 0 aromatic heterocycles. The zero-order valence-electron chi connectivity index (χ0n) is 14.8. The largest absolute Gasteiger partial charge is 0.495 e. The fraction of sp³-hybridized carbons (Fsp3) is 0.500. The Morgan fingerprint density at radius 3 is 2.81 bits per heavy atom. The number of carbonyl (C=O) groups excluding carboxylic acids is 2. The second-order valence-electron chi connectivity index (χ2n) is 6.29. The minimum atomic E-state index is -0.931. The molecule has 1 saturated heterocycles. The van der Waals surface area contributed by atoms with Gasteiger partial charge in [-0.25, -0.2) is 0 Å². The number of hydrogen-bond donors (Lipinski definition) is 2. The van der Waals surface area contributed by atoms with E-state index in [1.54, 1.807) is 18.2 Å². The molecule has 1 aliphatic rings. The van der Waals surface area contributed by atoms with Crippen LogP contribution >= 0.6 is 11.6 Å². The number of hydrogen-bond acceptors (Lipinski definition) is 4. The van der Waals surface area contributed by atoms with Crippen molar-refractivity contribution in [2.75, 3.05) is 25.1 Å². The predicted octanol–water partition coefficient (Wildman–Crippen LogP) is 2.32. The van der Waals surface area contributed by atoms with Crippen LogP contribution in [0.4, 0.5) is 5.69 Å². The van der Waals surface area contributed by atoms with E-state index in [9.17, 15) is 14.4 Å². The zero-order chi connectivity index (χ0) is 19.3. The Morgan fingerprint density at radius 2 is 2.19 bits per heavy atom. The predicted molar refractivity (Wildman–Crippen MR) is 97.5 cm³/mol. The summed E-state index contributed by atoms with van der Waals surface area (Å²) in [5.41, 5.74) is 0.523. The van der Waals surface area contributed by atoms with Crippen molar-refractivity contribution in [2.24, 2.45) is 11.8 Å².